The number of fused-ring (bicyclic) bond motifs is 2. The molecule has 1 fully saturated rings. The Morgan fingerprint density at radius 1 is 0.941 bits per heavy atom. The summed E-state index contributed by atoms with van der Waals surface area (Å²) >= 11 is 6.31. The topological polar surface area (TPSA) is 40.6 Å². The fourth-order valence-corrected chi connectivity index (χ4v) is 5.29. The molecule has 1 amide bonds. The normalized spacial score (nSPS) is 17.1. The summed E-state index contributed by atoms with van der Waals surface area (Å²) in [4.78, 5) is 29.6. The van der Waals surface area contributed by atoms with E-state index in [1.807, 2.05) is 36.4 Å². The van der Waals surface area contributed by atoms with Gasteiger partial charge in [0.15, 0.2) is 17.4 Å². The van der Waals surface area contributed by atoms with Crippen LogP contribution in [0.1, 0.15) is 39.1 Å². The zero-order valence-corrected chi connectivity index (χ0v) is 19.2. The zero-order chi connectivity index (χ0) is 23.9. The highest BCUT2D eigenvalue weighted by atomic mass is 35.5. The van der Waals surface area contributed by atoms with Crippen molar-refractivity contribution in [2.45, 2.75) is 18.3 Å². The van der Waals surface area contributed by atoms with Gasteiger partial charge in [0.1, 0.15) is 0 Å². The maximum Gasteiger partial charge on any atom is 0.261 e. The molecule has 7 heteroatoms. The van der Waals surface area contributed by atoms with Gasteiger partial charge in [-0.1, -0.05) is 48.0 Å². The maximum absolute atomic E-state index is 14.4. The molecule has 5 rings (SSSR count). The van der Waals surface area contributed by atoms with Gasteiger partial charge >= 0.3 is 0 Å². The molecule has 0 atom stereocenters. The molecule has 174 valence electrons. The SMILES string of the molecule is O=C(CN1CCC2(CC1)CN(C(=O)c1cccc(F)c1F)c1ccc(Cl)cc12)c1ccccc1. The summed E-state index contributed by atoms with van der Waals surface area (Å²) < 4.78 is 28.2. The van der Waals surface area contributed by atoms with Crippen molar-refractivity contribution >= 4 is 29.0 Å². The van der Waals surface area contributed by atoms with Gasteiger partial charge in [-0.15, -0.1) is 0 Å². The van der Waals surface area contributed by atoms with Gasteiger partial charge in [0.2, 0.25) is 0 Å². The molecule has 1 spiro atoms. The van der Waals surface area contributed by atoms with Gasteiger partial charge in [-0.3, -0.25) is 14.5 Å². The van der Waals surface area contributed by atoms with Gasteiger partial charge in [0.25, 0.3) is 5.91 Å². The van der Waals surface area contributed by atoms with Crippen molar-refractivity contribution in [1.82, 2.24) is 4.90 Å². The van der Waals surface area contributed by atoms with Gasteiger partial charge in [0, 0.05) is 28.2 Å². The van der Waals surface area contributed by atoms with Crippen LogP contribution in [0.3, 0.4) is 0 Å². The van der Waals surface area contributed by atoms with E-state index >= 15 is 0 Å². The second-order valence-electron chi connectivity index (χ2n) is 9.00. The number of likely N-dealkylation sites (tertiary alicyclic amines) is 1. The predicted molar refractivity (Wildman–Crippen MR) is 128 cm³/mol. The number of carbonyl (C=O) groups is 2. The Bertz CT molecular complexity index is 1260. The highest BCUT2D eigenvalue weighted by Crippen LogP contribution is 2.48. The monoisotopic (exact) mass is 480 g/mol. The molecule has 0 N–H and O–H groups in total. The van der Waals surface area contributed by atoms with Crippen LogP contribution >= 0.6 is 11.6 Å². The molecule has 2 aliphatic rings. The number of ketones is 1. The maximum atomic E-state index is 14.4. The number of rotatable bonds is 4. The minimum Gasteiger partial charge on any atom is -0.307 e. The summed E-state index contributed by atoms with van der Waals surface area (Å²) in [6, 6.07) is 18.2. The van der Waals surface area contributed by atoms with Crippen LogP contribution in [0.2, 0.25) is 5.02 Å². The number of anilines is 1. The Balaban J connectivity index is 1.38. The smallest absolute Gasteiger partial charge is 0.261 e. The van der Waals surface area contributed by atoms with Gasteiger partial charge < -0.3 is 4.90 Å². The van der Waals surface area contributed by atoms with E-state index in [1.165, 1.54) is 17.0 Å². The first-order chi connectivity index (χ1) is 16.4. The number of hydrogen-bond acceptors (Lipinski definition) is 3. The Morgan fingerprint density at radius 2 is 1.68 bits per heavy atom. The minimum atomic E-state index is -1.14. The lowest BCUT2D eigenvalue weighted by Gasteiger charge is -2.39. The molecule has 2 aliphatic heterocycles. The van der Waals surface area contributed by atoms with Crippen LogP contribution in [0.5, 0.6) is 0 Å². The van der Waals surface area contributed by atoms with Crippen molar-refractivity contribution in [1.29, 1.82) is 0 Å². The van der Waals surface area contributed by atoms with Crippen molar-refractivity contribution in [3.05, 3.63) is 100 Å². The average Bonchev–Trinajstić information content (AvgIpc) is 3.15. The van der Waals surface area contributed by atoms with Crippen LogP contribution in [0.25, 0.3) is 0 Å². The number of carbonyl (C=O) groups excluding carboxylic acids is 2. The lowest BCUT2D eigenvalue weighted by atomic mass is 9.74. The van der Waals surface area contributed by atoms with Crippen LogP contribution in [0.15, 0.2) is 66.7 Å². The third-order valence-corrected chi connectivity index (χ3v) is 7.22. The molecule has 0 radical (unpaired) electrons. The Hall–Kier alpha value is -3.09. The molecular weight excluding hydrogens is 458 g/mol. The third-order valence-electron chi connectivity index (χ3n) is 6.98. The van der Waals surface area contributed by atoms with Crippen LogP contribution in [-0.2, 0) is 5.41 Å². The number of piperidine rings is 1. The summed E-state index contributed by atoms with van der Waals surface area (Å²) in [6.45, 7) is 2.05. The van der Waals surface area contributed by atoms with E-state index in [0.717, 1.165) is 24.5 Å². The molecule has 0 unspecified atom stereocenters. The van der Waals surface area contributed by atoms with Crippen LogP contribution in [0.4, 0.5) is 14.5 Å². The van der Waals surface area contributed by atoms with Crippen molar-refractivity contribution in [3.8, 4) is 0 Å². The number of halogens is 3. The van der Waals surface area contributed by atoms with E-state index in [4.69, 9.17) is 11.6 Å². The van der Waals surface area contributed by atoms with Crippen molar-refractivity contribution in [2.75, 3.05) is 31.1 Å². The highest BCUT2D eigenvalue weighted by molar-refractivity contribution is 6.30. The summed E-state index contributed by atoms with van der Waals surface area (Å²) in [5.74, 6) is -2.69. The van der Waals surface area contributed by atoms with E-state index in [-0.39, 0.29) is 16.8 Å². The molecule has 1 saturated heterocycles. The largest absolute Gasteiger partial charge is 0.307 e. The number of Topliss-reactive ketones (excluding diaryl/α,β-unsaturated/α-hetero) is 1. The average molecular weight is 481 g/mol. The fraction of sp³-hybridized carbons (Fsp3) is 0.259. The van der Waals surface area contributed by atoms with Crippen molar-refractivity contribution < 1.29 is 18.4 Å². The van der Waals surface area contributed by atoms with Crippen LogP contribution in [0, 0.1) is 11.6 Å². The van der Waals surface area contributed by atoms with E-state index in [2.05, 4.69) is 4.90 Å². The highest BCUT2D eigenvalue weighted by Gasteiger charge is 2.47. The van der Waals surface area contributed by atoms with E-state index in [1.54, 1.807) is 12.1 Å². The van der Waals surface area contributed by atoms with Crippen LogP contribution in [-0.4, -0.2) is 42.8 Å². The molecule has 0 bridgehead atoms. The zero-order valence-electron chi connectivity index (χ0n) is 18.4. The van der Waals surface area contributed by atoms with Gasteiger partial charge in [-0.05, 0) is 61.8 Å². The van der Waals surface area contributed by atoms with Crippen molar-refractivity contribution in [2.24, 2.45) is 0 Å². The van der Waals surface area contributed by atoms with E-state index in [9.17, 15) is 18.4 Å². The van der Waals surface area contributed by atoms with E-state index < -0.39 is 17.5 Å². The van der Waals surface area contributed by atoms with E-state index in [0.29, 0.717) is 42.5 Å². The van der Waals surface area contributed by atoms with Gasteiger partial charge in [-0.2, -0.15) is 0 Å². The lowest BCUT2D eigenvalue weighted by molar-refractivity contribution is 0.0881. The van der Waals surface area contributed by atoms with Crippen molar-refractivity contribution in [3.63, 3.8) is 0 Å². The lowest BCUT2D eigenvalue weighted by Crippen LogP contribution is -2.47. The first-order valence-corrected chi connectivity index (χ1v) is 11.6. The fourth-order valence-electron chi connectivity index (χ4n) is 5.12. The number of benzene rings is 3. The first kappa shape index (κ1) is 22.7. The summed E-state index contributed by atoms with van der Waals surface area (Å²) in [6.07, 6.45) is 1.44. The molecule has 4 nitrogen and oxygen atoms in total. The molecule has 3 aromatic rings. The second-order valence-corrected chi connectivity index (χ2v) is 9.44. The first-order valence-electron chi connectivity index (χ1n) is 11.2. The molecular formula is C27H23ClF2N2O2. The Kier molecular flexibility index (Phi) is 5.96. The Morgan fingerprint density at radius 3 is 2.41 bits per heavy atom. The molecule has 3 aromatic carbocycles. The molecule has 0 saturated carbocycles. The number of amides is 1. The molecule has 2 heterocycles. The summed E-state index contributed by atoms with van der Waals surface area (Å²) in [7, 11) is 0. The third kappa shape index (κ3) is 4.01. The van der Waals surface area contributed by atoms with Gasteiger partial charge in [0.05, 0.1) is 12.1 Å². The quantitative estimate of drug-likeness (QED) is 0.463. The summed E-state index contributed by atoms with van der Waals surface area (Å²) in [5, 5.41) is 0.561. The molecule has 0 aliphatic carbocycles. The second kappa shape index (κ2) is 8.93. The number of nitrogens with zero attached hydrogens (tertiary/aromatic N) is 2. The van der Waals surface area contributed by atoms with Gasteiger partial charge in [-0.25, -0.2) is 8.78 Å². The van der Waals surface area contributed by atoms with Crippen LogP contribution < -0.4 is 4.90 Å². The Labute approximate surface area is 201 Å². The standard InChI is InChI=1S/C27H23ClF2N2O2/c28-19-9-10-23-21(15-19)27(17-32(23)26(34)20-7-4-8-22(29)25(20)30)11-13-31(14-12-27)16-24(33)18-5-2-1-3-6-18/h1-10,15H,11-14,16-17H2. The summed E-state index contributed by atoms with van der Waals surface area (Å²) in [5.41, 5.74) is 1.66. The molecule has 34 heavy (non-hydrogen) atoms. The number of hydrogen-bond donors (Lipinski definition) is 0. The minimum absolute atomic E-state index is 0.0739. The predicted octanol–water partition coefficient (Wildman–Crippen LogP) is 5.50. The molecule has 0 aromatic heterocycles.